The molecule has 0 radical (unpaired) electrons. The number of nitro groups is 1. The molecule has 1 aromatic heterocycles. The fourth-order valence-corrected chi connectivity index (χ4v) is 2.18. The Hall–Kier alpha value is -3.49. The van der Waals surface area contributed by atoms with E-state index in [1.807, 2.05) is 6.92 Å². The maximum Gasteiger partial charge on any atom is 0.285 e. The molecule has 136 valence electrons. The van der Waals surface area contributed by atoms with Gasteiger partial charge in [0.25, 0.3) is 17.2 Å². The molecule has 0 saturated heterocycles. The fraction of sp³-hybridized carbons (Fsp3) is 0.235. The molecule has 9 heteroatoms. The van der Waals surface area contributed by atoms with E-state index in [9.17, 15) is 24.5 Å². The molecule has 0 atom stereocenters. The summed E-state index contributed by atoms with van der Waals surface area (Å²) in [5.74, 6) is -0.795. The third kappa shape index (κ3) is 5.00. The lowest BCUT2D eigenvalue weighted by atomic mass is 10.2. The van der Waals surface area contributed by atoms with E-state index in [1.165, 1.54) is 6.07 Å². The van der Waals surface area contributed by atoms with E-state index in [4.69, 9.17) is 0 Å². The van der Waals surface area contributed by atoms with Gasteiger partial charge in [0.1, 0.15) is 6.54 Å². The first kappa shape index (κ1) is 18.8. The van der Waals surface area contributed by atoms with Crippen molar-refractivity contribution in [3.05, 3.63) is 68.6 Å². The first-order chi connectivity index (χ1) is 12.4. The van der Waals surface area contributed by atoms with Gasteiger partial charge in [-0.2, -0.15) is 0 Å². The van der Waals surface area contributed by atoms with Crippen molar-refractivity contribution >= 4 is 23.2 Å². The van der Waals surface area contributed by atoms with Crippen LogP contribution in [0.25, 0.3) is 0 Å². The van der Waals surface area contributed by atoms with Gasteiger partial charge in [-0.05, 0) is 24.6 Å². The molecule has 0 aliphatic carbocycles. The third-order valence-electron chi connectivity index (χ3n) is 3.44. The van der Waals surface area contributed by atoms with Crippen LogP contribution in [0.3, 0.4) is 0 Å². The smallest absolute Gasteiger partial charge is 0.285 e. The normalized spacial score (nSPS) is 10.2. The van der Waals surface area contributed by atoms with Crippen molar-refractivity contribution in [1.82, 2.24) is 9.88 Å². The molecule has 0 aliphatic rings. The monoisotopic (exact) mass is 358 g/mol. The molecule has 1 aromatic carbocycles. The Morgan fingerprint density at radius 2 is 2.00 bits per heavy atom. The summed E-state index contributed by atoms with van der Waals surface area (Å²) in [5, 5.41) is 16.1. The van der Waals surface area contributed by atoms with Gasteiger partial charge in [0, 0.05) is 29.9 Å². The van der Waals surface area contributed by atoms with Crippen LogP contribution in [0.1, 0.15) is 23.7 Å². The summed E-state index contributed by atoms with van der Waals surface area (Å²) in [6, 6.07) is 8.46. The maximum atomic E-state index is 12.1. The summed E-state index contributed by atoms with van der Waals surface area (Å²) in [6.07, 6.45) is 1.82. The molecule has 1 heterocycles. The Morgan fingerprint density at radius 3 is 2.69 bits per heavy atom. The second-order valence-corrected chi connectivity index (χ2v) is 5.50. The number of hydrogen-bond donors (Lipinski definition) is 2. The van der Waals surface area contributed by atoms with E-state index in [0.29, 0.717) is 17.8 Å². The minimum absolute atomic E-state index is 0.252. The van der Waals surface area contributed by atoms with Crippen LogP contribution in [0.2, 0.25) is 0 Å². The summed E-state index contributed by atoms with van der Waals surface area (Å²) in [5.41, 5.74) is -0.0353. The Labute approximate surface area is 148 Å². The molecule has 2 amide bonds. The molecule has 9 nitrogen and oxygen atoms in total. The highest BCUT2D eigenvalue weighted by molar-refractivity contribution is 5.97. The van der Waals surface area contributed by atoms with E-state index in [-0.39, 0.29) is 18.1 Å². The Balaban J connectivity index is 2.09. The number of hydrogen-bond acceptors (Lipinski definition) is 5. The largest absolute Gasteiger partial charge is 0.352 e. The average Bonchev–Trinajstić information content (AvgIpc) is 2.61. The predicted molar refractivity (Wildman–Crippen MR) is 95.1 cm³/mol. The Kier molecular flexibility index (Phi) is 6.20. The van der Waals surface area contributed by atoms with Crippen LogP contribution < -0.4 is 16.2 Å². The number of rotatable bonds is 7. The van der Waals surface area contributed by atoms with Gasteiger partial charge in [0.15, 0.2) is 0 Å². The minimum Gasteiger partial charge on any atom is -0.352 e. The van der Waals surface area contributed by atoms with E-state index in [0.717, 1.165) is 29.3 Å². The average molecular weight is 358 g/mol. The van der Waals surface area contributed by atoms with E-state index >= 15 is 0 Å². The molecule has 0 aliphatic heterocycles. The lowest BCUT2D eigenvalue weighted by molar-refractivity contribution is -0.385. The molecule has 2 N–H and O–H groups in total. The molecule has 2 aromatic rings. The van der Waals surface area contributed by atoms with E-state index < -0.39 is 16.4 Å². The SMILES string of the molecule is CCCNC(=O)c1cccc(NC(=O)Cn2cc([N+](=O)[O-])ccc2=O)c1. The van der Waals surface area contributed by atoms with Crippen LogP contribution >= 0.6 is 0 Å². The number of nitrogens with one attached hydrogen (secondary N) is 2. The van der Waals surface area contributed by atoms with E-state index in [1.54, 1.807) is 18.2 Å². The van der Waals surface area contributed by atoms with Crippen molar-refractivity contribution in [3.8, 4) is 0 Å². The van der Waals surface area contributed by atoms with Crippen LogP contribution in [0.4, 0.5) is 11.4 Å². The Morgan fingerprint density at radius 1 is 1.23 bits per heavy atom. The maximum absolute atomic E-state index is 12.1. The zero-order valence-corrected chi connectivity index (χ0v) is 14.1. The van der Waals surface area contributed by atoms with Gasteiger partial charge in [-0.15, -0.1) is 0 Å². The molecule has 0 bridgehead atoms. The highest BCUT2D eigenvalue weighted by Gasteiger charge is 2.12. The summed E-state index contributed by atoms with van der Waals surface area (Å²) in [4.78, 5) is 45.9. The number of aromatic nitrogens is 1. The quantitative estimate of drug-likeness (QED) is 0.574. The number of pyridine rings is 1. The zero-order valence-electron chi connectivity index (χ0n) is 14.1. The molecule has 0 spiro atoms. The van der Waals surface area contributed by atoms with Crippen molar-refractivity contribution in [2.45, 2.75) is 19.9 Å². The van der Waals surface area contributed by atoms with Crippen LogP contribution in [-0.4, -0.2) is 27.8 Å². The summed E-state index contributed by atoms with van der Waals surface area (Å²) in [7, 11) is 0. The van der Waals surface area contributed by atoms with E-state index in [2.05, 4.69) is 10.6 Å². The molecule has 0 fully saturated rings. The number of anilines is 1. The lowest BCUT2D eigenvalue weighted by Crippen LogP contribution is -2.27. The van der Waals surface area contributed by atoms with Crippen LogP contribution in [-0.2, 0) is 11.3 Å². The van der Waals surface area contributed by atoms with Crippen LogP contribution in [0.15, 0.2) is 47.4 Å². The summed E-state index contributed by atoms with van der Waals surface area (Å²) < 4.78 is 0.950. The van der Waals surface area contributed by atoms with Crippen LogP contribution in [0.5, 0.6) is 0 Å². The third-order valence-corrected chi connectivity index (χ3v) is 3.44. The first-order valence-corrected chi connectivity index (χ1v) is 7.93. The molecule has 2 rings (SSSR count). The number of nitrogens with zero attached hydrogens (tertiary/aromatic N) is 2. The number of carbonyl (C=O) groups excluding carboxylic acids is 2. The summed E-state index contributed by atoms with van der Waals surface area (Å²) >= 11 is 0. The molecule has 0 saturated carbocycles. The number of carbonyl (C=O) groups is 2. The van der Waals surface area contributed by atoms with Gasteiger partial charge in [-0.3, -0.25) is 29.1 Å². The van der Waals surface area contributed by atoms with Crippen molar-refractivity contribution in [2.75, 3.05) is 11.9 Å². The number of amides is 2. The van der Waals surface area contributed by atoms with Crippen LogP contribution in [0, 0.1) is 10.1 Å². The molecular formula is C17H18N4O5. The first-order valence-electron chi connectivity index (χ1n) is 7.93. The number of benzene rings is 1. The lowest BCUT2D eigenvalue weighted by Gasteiger charge is -2.09. The van der Waals surface area contributed by atoms with Crippen molar-refractivity contribution < 1.29 is 14.5 Å². The molecular weight excluding hydrogens is 340 g/mol. The van der Waals surface area contributed by atoms with Gasteiger partial charge in [0.2, 0.25) is 5.91 Å². The van der Waals surface area contributed by atoms with Crippen molar-refractivity contribution in [1.29, 1.82) is 0 Å². The zero-order chi connectivity index (χ0) is 19.1. The van der Waals surface area contributed by atoms with Crippen molar-refractivity contribution in [2.24, 2.45) is 0 Å². The highest BCUT2D eigenvalue weighted by atomic mass is 16.6. The van der Waals surface area contributed by atoms with Gasteiger partial charge in [-0.1, -0.05) is 13.0 Å². The molecule has 26 heavy (non-hydrogen) atoms. The minimum atomic E-state index is -0.647. The second-order valence-electron chi connectivity index (χ2n) is 5.50. The van der Waals surface area contributed by atoms with Crippen molar-refractivity contribution in [3.63, 3.8) is 0 Å². The predicted octanol–water partition coefficient (Wildman–Crippen LogP) is 1.54. The standard InChI is InChI=1S/C17H18N4O5/c1-2-8-18-17(24)12-4-3-5-13(9-12)19-15(22)11-20-10-14(21(25)26)6-7-16(20)23/h3-7,9-10H,2,8,11H2,1H3,(H,18,24)(H,19,22). The fourth-order valence-electron chi connectivity index (χ4n) is 2.18. The van der Waals surface area contributed by atoms with Gasteiger partial charge in [0.05, 0.1) is 11.1 Å². The Bertz CT molecular complexity index is 891. The van der Waals surface area contributed by atoms with Gasteiger partial charge < -0.3 is 10.6 Å². The topological polar surface area (TPSA) is 123 Å². The van der Waals surface area contributed by atoms with Gasteiger partial charge in [-0.25, -0.2) is 0 Å². The molecule has 0 unspecified atom stereocenters. The van der Waals surface area contributed by atoms with Gasteiger partial charge >= 0.3 is 0 Å². The second kappa shape index (κ2) is 8.56. The summed E-state index contributed by atoms with van der Waals surface area (Å²) in [6.45, 7) is 2.10. The highest BCUT2D eigenvalue weighted by Crippen LogP contribution is 2.11.